The molecule has 0 aliphatic heterocycles. The van der Waals surface area contributed by atoms with Crippen molar-refractivity contribution in [1.82, 2.24) is 10.6 Å². The molecule has 132 valence electrons. The first-order valence-corrected chi connectivity index (χ1v) is 8.15. The topological polar surface area (TPSA) is 95.5 Å². The van der Waals surface area contributed by atoms with Crippen LogP contribution in [0.1, 0.15) is 44.2 Å². The van der Waals surface area contributed by atoms with Crippen LogP contribution in [-0.4, -0.2) is 35.0 Å². The Balaban J connectivity index is 2.47. The van der Waals surface area contributed by atoms with Gasteiger partial charge in [0.1, 0.15) is 6.04 Å². The number of carboxylic acid groups (broad SMARTS) is 1. The van der Waals surface area contributed by atoms with Gasteiger partial charge in [0, 0.05) is 12.5 Å². The van der Waals surface area contributed by atoms with E-state index in [1.807, 2.05) is 31.2 Å². The highest BCUT2D eigenvalue weighted by Crippen LogP contribution is 2.07. The van der Waals surface area contributed by atoms with E-state index in [9.17, 15) is 14.4 Å². The number of rotatable bonds is 9. The number of aryl methyl sites for hydroxylation is 2. The molecule has 1 aromatic carbocycles. The van der Waals surface area contributed by atoms with Gasteiger partial charge in [-0.25, -0.2) is 0 Å². The summed E-state index contributed by atoms with van der Waals surface area (Å²) in [7, 11) is 0. The van der Waals surface area contributed by atoms with Crippen LogP contribution in [0.4, 0.5) is 0 Å². The van der Waals surface area contributed by atoms with Crippen LogP contribution in [0.25, 0.3) is 0 Å². The van der Waals surface area contributed by atoms with E-state index in [2.05, 4.69) is 10.6 Å². The zero-order chi connectivity index (χ0) is 18.1. The fourth-order valence-corrected chi connectivity index (χ4v) is 2.24. The van der Waals surface area contributed by atoms with Crippen LogP contribution in [0.2, 0.25) is 0 Å². The van der Waals surface area contributed by atoms with Crippen LogP contribution in [0.3, 0.4) is 0 Å². The second kappa shape index (κ2) is 9.70. The lowest BCUT2D eigenvalue weighted by Crippen LogP contribution is -2.49. The monoisotopic (exact) mass is 334 g/mol. The standard InChI is InChI=1S/C18H26N2O4/c1-12(2)19-18(24)15(11-17(22)23)20-16(21)6-4-5-14-9-7-13(3)8-10-14/h7-10,12,15H,4-6,11H2,1-3H3,(H,19,24)(H,20,21)(H,22,23). The zero-order valence-corrected chi connectivity index (χ0v) is 14.5. The lowest BCUT2D eigenvalue weighted by atomic mass is 10.1. The molecule has 6 nitrogen and oxygen atoms in total. The average Bonchev–Trinajstić information content (AvgIpc) is 2.47. The van der Waals surface area contributed by atoms with Crippen molar-refractivity contribution in [3.8, 4) is 0 Å². The second-order valence-electron chi connectivity index (χ2n) is 6.22. The molecular weight excluding hydrogens is 308 g/mol. The van der Waals surface area contributed by atoms with E-state index in [0.29, 0.717) is 6.42 Å². The number of carbonyl (C=O) groups is 3. The highest BCUT2D eigenvalue weighted by molar-refractivity contribution is 5.90. The molecule has 1 unspecified atom stereocenters. The molecule has 0 fully saturated rings. The minimum atomic E-state index is -1.13. The van der Waals surface area contributed by atoms with Crippen molar-refractivity contribution in [2.24, 2.45) is 0 Å². The van der Waals surface area contributed by atoms with Crippen molar-refractivity contribution in [3.63, 3.8) is 0 Å². The van der Waals surface area contributed by atoms with Gasteiger partial charge in [0.25, 0.3) is 0 Å². The summed E-state index contributed by atoms with van der Waals surface area (Å²) in [5.74, 6) is -1.91. The van der Waals surface area contributed by atoms with Crippen molar-refractivity contribution in [1.29, 1.82) is 0 Å². The summed E-state index contributed by atoms with van der Waals surface area (Å²) in [5.41, 5.74) is 2.33. The molecule has 3 N–H and O–H groups in total. The summed E-state index contributed by atoms with van der Waals surface area (Å²) < 4.78 is 0. The third kappa shape index (κ3) is 7.76. The van der Waals surface area contributed by atoms with Gasteiger partial charge in [0.05, 0.1) is 6.42 Å². The van der Waals surface area contributed by atoms with Crippen LogP contribution in [0.15, 0.2) is 24.3 Å². The van der Waals surface area contributed by atoms with Crippen molar-refractivity contribution in [2.45, 2.75) is 58.5 Å². The van der Waals surface area contributed by atoms with Gasteiger partial charge in [0.15, 0.2) is 0 Å². The van der Waals surface area contributed by atoms with Gasteiger partial charge in [-0.05, 0) is 39.2 Å². The lowest BCUT2D eigenvalue weighted by Gasteiger charge is -2.18. The zero-order valence-electron chi connectivity index (χ0n) is 14.5. The quantitative estimate of drug-likeness (QED) is 0.642. The van der Waals surface area contributed by atoms with Crippen LogP contribution < -0.4 is 10.6 Å². The van der Waals surface area contributed by atoms with Crippen LogP contribution >= 0.6 is 0 Å². The Morgan fingerprint density at radius 1 is 1.08 bits per heavy atom. The molecule has 0 aliphatic carbocycles. The molecule has 24 heavy (non-hydrogen) atoms. The van der Waals surface area contributed by atoms with Crippen molar-refractivity contribution in [2.75, 3.05) is 0 Å². The molecule has 0 spiro atoms. The molecule has 1 rings (SSSR count). The molecule has 0 bridgehead atoms. The third-order valence-electron chi connectivity index (χ3n) is 3.45. The van der Waals surface area contributed by atoms with Gasteiger partial charge in [-0.3, -0.25) is 14.4 Å². The largest absolute Gasteiger partial charge is 0.481 e. The molecule has 1 atom stereocenters. The summed E-state index contributed by atoms with van der Waals surface area (Å²) in [6.07, 6.45) is 1.22. The van der Waals surface area contributed by atoms with Gasteiger partial charge in [-0.2, -0.15) is 0 Å². The lowest BCUT2D eigenvalue weighted by molar-refractivity contribution is -0.140. The van der Waals surface area contributed by atoms with Crippen LogP contribution in [0.5, 0.6) is 0 Å². The second-order valence-corrected chi connectivity index (χ2v) is 6.22. The van der Waals surface area contributed by atoms with Gasteiger partial charge in [-0.15, -0.1) is 0 Å². The summed E-state index contributed by atoms with van der Waals surface area (Å²) in [5, 5.41) is 14.0. The minimum absolute atomic E-state index is 0.118. The minimum Gasteiger partial charge on any atom is -0.481 e. The number of hydrogen-bond acceptors (Lipinski definition) is 3. The van der Waals surface area contributed by atoms with Gasteiger partial charge in [-0.1, -0.05) is 29.8 Å². The highest BCUT2D eigenvalue weighted by Gasteiger charge is 2.23. The van der Waals surface area contributed by atoms with E-state index in [-0.39, 0.29) is 18.4 Å². The van der Waals surface area contributed by atoms with E-state index < -0.39 is 24.3 Å². The molecule has 0 saturated carbocycles. The molecule has 0 heterocycles. The first-order chi connectivity index (χ1) is 11.3. The van der Waals surface area contributed by atoms with E-state index >= 15 is 0 Å². The van der Waals surface area contributed by atoms with Crippen molar-refractivity contribution >= 4 is 17.8 Å². The summed E-state index contributed by atoms with van der Waals surface area (Å²) >= 11 is 0. The maximum Gasteiger partial charge on any atom is 0.305 e. The van der Waals surface area contributed by atoms with Crippen LogP contribution in [-0.2, 0) is 20.8 Å². The summed E-state index contributed by atoms with van der Waals surface area (Å²) in [6, 6.07) is 6.93. The first kappa shape index (κ1) is 19.7. The summed E-state index contributed by atoms with van der Waals surface area (Å²) in [4.78, 5) is 34.8. The molecule has 1 aromatic rings. The van der Waals surface area contributed by atoms with Gasteiger partial charge >= 0.3 is 5.97 Å². The molecular formula is C18H26N2O4. The normalized spacial score (nSPS) is 11.8. The fraction of sp³-hybridized carbons (Fsp3) is 0.500. The maximum absolute atomic E-state index is 12.0. The first-order valence-electron chi connectivity index (χ1n) is 8.15. The Morgan fingerprint density at radius 2 is 1.71 bits per heavy atom. The molecule has 0 saturated heterocycles. The number of amides is 2. The summed E-state index contributed by atoms with van der Waals surface area (Å²) in [6.45, 7) is 5.57. The third-order valence-corrected chi connectivity index (χ3v) is 3.45. The van der Waals surface area contributed by atoms with Gasteiger partial charge < -0.3 is 15.7 Å². The van der Waals surface area contributed by atoms with E-state index in [0.717, 1.165) is 12.0 Å². The smallest absolute Gasteiger partial charge is 0.305 e. The van der Waals surface area contributed by atoms with Crippen molar-refractivity contribution < 1.29 is 19.5 Å². The Bertz CT molecular complexity index is 567. The SMILES string of the molecule is Cc1ccc(CCCC(=O)NC(CC(=O)O)C(=O)NC(C)C)cc1. The Hall–Kier alpha value is -2.37. The molecule has 0 aliphatic rings. The average molecular weight is 334 g/mol. The van der Waals surface area contributed by atoms with Crippen molar-refractivity contribution in [3.05, 3.63) is 35.4 Å². The number of benzene rings is 1. The Morgan fingerprint density at radius 3 is 2.25 bits per heavy atom. The molecule has 6 heteroatoms. The number of nitrogens with one attached hydrogen (secondary N) is 2. The van der Waals surface area contributed by atoms with E-state index in [1.54, 1.807) is 13.8 Å². The number of aliphatic carboxylic acids is 1. The Kier molecular flexibility index (Phi) is 7.95. The predicted molar refractivity (Wildman–Crippen MR) is 91.6 cm³/mol. The number of carbonyl (C=O) groups excluding carboxylic acids is 2. The Labute approximate surface area is 142 Å². The fourth-order valence-electron chi connectivity index (χ4n) is 2.24. The number of carboxylic acids is 1. The van der Waals surface area contributed by atoms with Gasteiger partial charge in [0.2, 0.25) is 11.8 Å². The predicted octanol–water partition coefficient (Wildman–Crippen LogP) is 1.80. The molecule has 0 aromatic heterocycles. The maximum atomic E-state index is 12.0. The number of hydrogen-bond donors (Lipinski definition) is 3. The van der Waals surface area contributed by atoms with Crippen LogP contribution in [0, 0.1) is 6.92 Å². The van der Waals surface area contributed by atoms with E-state index in [1.165, 1.54) is 5.56 Å². The molecule has 0 radical (unpaired) electrons. The highest BCUT2D eigenvalue weighted by atomic mass is 16.4. The van der Waals surface area contributed by atoms with E-state index in [4.69, 9.17) is 5.11 Å². The molecule has 2 amide bonds.